The second kappa shape index (κ2) is 3.00. The van der Waals surface area contributed by atoms with Crippen LogP contribution >= 0.6 is 0 Å². The van der Waals surface area contributed by atoms with Crippen molar-refractivity contribution >= 4 is 5.97 Å². The summed E-state index contributed by atoms with van der Waals surface area (Å²) in [6.45, 7) is 1.87. The molecule has 0 radical (unpaired) electrons. The highest BCUT2D eigenvalue weighted by Crippen LogP contribution is 2.64. The molecule has 4 fully saturated rings. The molecule has 1 aliphatic heterocycles. The summed E-state index contributed by atoms with van der Waals surface area (Å²) in [7, 11) is 0. The number of epoxide rings is 1. The van der Waals surface area contributed by atoms with E-state index in [1.807, 2.05) is 6.92 Å². The third-order valence-electron chi connectivity index (χ3n) is 5.26. The number of hydrogen-bond donors (Lipinski definition) is 0. The summed E-state index contributed by atoms with van der Waals surface area (Å²) < 4.78 is 11.2. The second-order valence-corrected chi connectivity index (χ2v) is 5.89. The lowest BCUT2D eigenvalue weighted by molar-refractivity contribution is -0.153. The Morgan fingerprint density at radius 2 is 2.19 bits per heavy atom. The number of rotatable bonds is 2. The van der Waals surface area contributed by atoms with Crippen molar-refractivity contribution < 1.29 is 14.3 Å². The van der Waals surface area contributed by atoms with Crippen LogP contribution in [0.5, 0.6) is 0 Å². The van der Waals surface area contributed by atoms with Crippen molar-refractivity contribution in [2.45, 2.75) is 50.9 Å². The average molecular weight is 222 g/mol. The summed E-state index contributed by atoms with van der Waals surface area (Å²) in [6, 6.07) is 0. The van der Waals surface area contributed by atoms with Gasteiger partial charge in [-0.15, -0.1) is 0 Å². The number of carbonyl (C=O) groups is 1. The first kappa shape index (κ1) is 9.46. The number of ether oxygens (including phenoxy) is 2. The first-order valence-corrected chi connectivity index (χ1v) is 6.63. The van der Waals surface area contributed by atoms with Crippen LogP contribution in [-0.4, -0.2) is 24.3 Å². The zero-order valence-corrected chi connectivity index (χ0v) is 9.59. The molecule has 1 heterocycles. The van der Waals surface area contributed by atoms with Gasteiger partial charge in [0, 0.05) is 12.3 Å². The van der Waals surface area contributed by atoms with Gasteiger partial charge < -0.3 is 9.47 Å². The summed E-state index contributed by atoms with van der Waals surface area (Å²) in [5.41, 5.74) is 0. The highest BCUT2D eigenvalue weighted by atomic mass is 16.6. The molecule has 4 aliphatic rings. The van der Waals surface area contributed by atoms with Gasteiger partial charge in [0.1, 0.15) is 6.10 Å². The van der Waals surface area contributed by atoms with Crippen LogP contribution in [0.3, 0.4) is 0 Å². The zero-order chi connectivity index (χ0) is 10.9. The molecule has 16 heavy (non-hydrogen) atoms. The fourth-order valence-electron chi connectivity index (χ4n) is 4.63. The van der Waals surface area contributed by atoms with Crippen molar-refractivity contribution in [2.24, 2.45) is 23.7 Å². The maximum atomic E-state index is 11.4. The summed E-state index contributed by atoms with van der Waals surface area (Å²) in [5, 5.41) is 0. The number of fused-ring (bicyclic) bond motifs is 7. The van der Waals surface area contributed by atoms with Crippen LogP contribution in [0.4, 0.5) is 0 Å². The van der Waals surface area contributed by atoms with Crippen LogP contribution in [0, 0.1) is 23.7 Å². The summed E-state index contributed by atoms with van der Waals surface area (Å²) in [6.07, 6.45) is 5.50. The van der Waals surface area contributed by atoms with E-state index in [0.717, 1.165) is 24.2 Å². The van der Waals surface area contributed by atoms with Gasteiger partial charge in [-0.2, -0.15) is 0 Å². The van der Waals surface area contributed by atoms with E-state index in [0.29, 0.717) is 24.5 Å². The molecule has 3 saturated carbocycles. The van der Waals surface area contributed by atoms with Crippen LogP contribution in [0.15, 0.2) is 0 Å². The molecule has 3 aliphatic carbocycles. The van der Waals surface area contributed by atoms with Gasteiger partial charge in [0.15, 0.2) is 0 Å². The molecule has 88 valence electrons. The monoisotopic (exact) mass is 222 g/mol. The molecule has 3 heteroatoms. The molecular weight excluding hydrogens is 204 g/mol. The first-order valence-electron chi connectivity index (χ1n) is 6.63. The predicted molar refractivity (Wildman–Crippen MR) is 56.6 cm³/mol. The van der Waals surface area contributed by atoms with E-state index in [2.05, 4.69) is 0 Å². The van der Waals surface area contributed by atoms with Crippen molar-refractivity contribution in [1.29, 1.82) is 0 Å². The van der Waals surface area contributed by atoms with Crippen LogP contribution in [0.1, 0.15) is 32.6 Å². The smallest absolute Gasteiger partial charge is 0.305 e. The summed E-state index contributed by atoms with van der Waals surface area (Å²) >= 11 is 0. The third kappa shape index (κ3) is 1.10. The standard InChI is InChI=1S/C13H18O3/c1-2-11(14)15-9-4-6-3-8(9)12-7(6)5-10-13(12)16-10/h6-10,12-13H,2-5H2,1H3. The molecule has 2 bridgehead atoms. The lowest BCUT2D eigenvalue weighted by Crippen LogP contribution is -2.34. The minimum atomic E-state index is -0.0274. The Morgan fingerprint density at radius 1 is 1.31 bits per heavy atom. The number of carbonyl (C=O) groups excluding carboxylic acids is 1. The lowest BCUT2D eigenvalue weighted by Gasteiger charge is -2.32. The predicted octanol–water partition coefficient (Wildman–Crippen LogP) is 1.75. The Hall–Kier alpha value is -0.570. The van der Waals surface area contributed by atoms with Gasteiger partial charge in [-0.3, -0.25) is 4.79 Å². The third-order valence-corrected chi connectivity index (χ3v) is 5.26. The van der Waals surface area contributed by atoms with Gasteiger partial charge in [0.25, 0.3) is 0 Å². The molecule has 0 spiro atoms. The minimum absolute atomic E-state index is 0.0274. The van der Waals surface area contributed by atoms with Crippen molar-refractivity contribution in [1.82, 2.24) is 0 Å². The van der Waals surface area contributed by atoms with Gasteiger partial charge in [0.05, 0.1) is 12.2 Å². The van der Waals surface area contributed by atoms with Crippen LogP contribution in [0.25, 0.3) is 0 Å². The maximum absolute atomic E-state index is 11.4. The van der Waals surface area contributed by atoms with E-state index in [4.69, 9.17) is 9.47 Å². The number of hydrogen-bond acceptors (Lipinski definition) is 3. The maximum Gasteiger partial charge on any atom is 0.305 e. The molecule has 7 unspecified atom stereocenters. The van der Waals surface area contributed by atoms with Crippen molar-refractivity contribution in [2.75, 3.05) is 0 Å². The minimum Gasteiger partial charge on any atom is -0.462 e. The molecule has 0 aromatic rings. The molecule has 0 amide bonds. The Kier molecular flexibility index (Phi) is 1.78. The molecule has 0 aromatic heterocycles. The van der Waals surface area contributed by atoms with E-state index in [1.165, 1.54) is 12.8 Å². The molecular formula is C13H18O3. The van der Waals surface area contributed by atoms with E-state index < -0.39 is 0 Å². The molecule has 1 saturated heterocycles. The van der Waals surface area contributed by atoms with Crippen molar-refractivity contribution in [3.05, 3.63) is 0 Å². The molecule has 7 atom stereocenters. The highest BCUT2D eigenvalue weighted by molar-refractivity contribution is 5.69. The van der Waals surface area contributed by atoms with Gasteiger partial charge in [-0.25, -0.2) is 0 Å². The van der Waals surface area contributed by atoms with Gasteiger partial charge >= 0.3 is 5.97 Å². The summed E-state index contributed by atoms with van der Waals surface area (Å²) in [5.74, 6) is 3.02. The molecule has 3 nitrogen and oxygen atoms in total. The van der Waals surface area contributed by atoms with Crippen LogP contribution in [0.2, 0.25) is 0 Å². The Labute approximate surface area is 95.5 Å². The Morgan fingerprint density at radius 3 is 3.00 bits per heavy atom. The molecule has 0 N–H and O–H groups in total. The zero-order valence-electron chi connectivity index (χ0n) is 9.59. The molecule has 0 aromatic carbocycles. The van der Waals surface area contributed by atoms with Gasteiger partial charge in [-0.1, -0.05) is 6.92 Å². The van der Waals surface area contributed by atoms with Crippen molar-refractivity contribution in [3.8, 4) is 0 Å². The van der Waals surface area contributed by atoms with E-state index in [1.54, 1.807) is 0 Å². The lowest BCUT2D eigenvalue weighted by atomic mass is 9.79. The fraction of sp³-hybridized carbons (Fsp3) is 0.923. The second-order valence-electron chi connectivity index (χ2n) is 5.89. The normalized spacial score (nSPS) is 55.9. The first-order chi connectivity index (χ1) is 7.78. The van der Waals surface area contributed by atoms with Crippen LogP contribution in [-0.2, 0) is 14.3 Å². The van der Waals surface area contributed by atoms with Crippen LogP contribution < -0.4 is 0 Å². The van der Waals surface area contributed by atoms with E-state index >= 15 is 0 Å². The van der Waals surface area contributed by atoms with E-state index in [-0.39, 0.29) is 12.1 Å². The van der Waals surface area contributed by atoms with Gasteiger partial charge in [0.2, 0.25) is 0 Å². The number of esters is 1. The van der Waals surface area contributed by atoms with E-state index in [9.17, 15) is 4.79 Å². The Balaban J connectivity index is 1.51. The van der Waals surface area contributed by atoms with Crippen molar-refractivity contribution in [3.63, 3.8) is 0 Å². The Bertz CT molecular complexity index is 340. The largest absolute Gasteiger partial charge is 0.462 e. The highest BCUT2D eigenvalue weighted by Gasteiger charge is 2.67. The SMILES string of the molecule is CCC(=O)OC1CC2CC1C1C2CC2OC21. The molecule has 4 rings (SSSR count). The van der Waals surface area contributed by atoms with Gasteiger partial charge in [-0.05, 0) is 37.0 Å². The topological polar surface area (TPSA) is 38.8 Å². The fourth-order valence-corrected chi connectivity index (χ4v) is 4.63. The quantitative estimate of drug-likeness (QED) is 0.528. The average Bonchev–Trinajstić information content (AvgIpc) is 2.67. The summed E-state index contributed by atoms with van der Waals surface area (Å²) in [4.78, 5) is 11.4.